The van der Waals surface area contributed by atoms with Gasteiger partial charge in [-0.1, -0.05) is 34.1 Å². The molecule has 2 N–H and O–H groups in total. The van der Waals surface area contributed by atoms with Crippen molar-refractivity contribution in [2.45, 2.75) is 0 Å². The Bertz CT molecular complexity index is 657. The molecule has 0 saturated heterocycles. The molecule has 0 aliphatic carbocycles. The van der Waals surface area contributed by atoms with E-state index in [4.69, 9.17) is 10.2 Å². The highest BCUT2D eigenvalue weighted by atomic mass is 79.9. The van der Waals surface area contributed by atoms with Crippen molar-refractivity contribution in [2.75, 3.05) is 5.73 Å². The number of hydrogen-bond donors (Lipinski definition) is 1. The van der Waals surface area contributed by atoms with E-state index < -0.39 is 0 Å². The quantitative estimate of drug-likeness (QED) is 0.623. The van der Waals surface area contributed by atoms with Crippen LogP contribution in [0.1, 0.15) is 0 Å². The van der Waals surface area contributed by atoms with Crippen LogP contribution >= 0.6 is 15.9 Å². The van der Waals surface area contributed by atoms with Crippen LogP contribution in [-0.2, 0) is 0 Å². The predicted octanol–water partition coefficient (Wildman–Crippen LogP) is 3.93. The van der Waals surface area contributed by atoms with Crippen LogP contribution in [0.4, 0.5) is 5.69 Å². The van der Waals surface area contributed by atoms with Crippen molar-refractivity contribution in [1.82, 2.24) is 0 Å². The molecule has 0 atom stereocenters. The minimum atomic E-state index is 0.671. The number of benzene rings is 2. The molecule has 0 aliphatic rings. The normalized spacial score (nSPS) is 11.3. The van der Waals surface area contributed by atoms with Gasteiger partial charge in [0, 0.05) is 15.2 Å². The van der Waals surface area contributed by atoms with E-state index in [2.05, 4.69) is 15.9 Å². The van der Waals surface area contributed by atoms with Crippen molar-refractivity contribution in [3.63, 3.8) is 0 Å². The minimum absolute atomic E-state index is 0.671. The van der Waals surface area contributed by atoms with Gasteiger partial charge in [-0.3, -0.25) is 0 Å². The van der Waals surface area contributed by atoms with Crippen LogP contribution in [0.2, 0.25) is 0 Å². The number of rotatable bonds is 0. The fraction of sp³-hybridized carbons (Fsp3) is 0. The summed E-state index contributed by atoms with van der Waals surface area (Å²) < 4.78 is 6.72. The van der Waals surface area contributed by atoms with Crippen molar-refractivity contribution >= 4 is 43.6 Å². The maximum absolute atomic E-state index is 5.87. The summed E-state index contributed by atoms with van der Waals surface area (Å²) in [5.74, 6) is 0. The summed E-state index contributed by atoms with van der Waals surface area (Å²) in [6.45, 7) is 0. The van der Waals surface area contributed by atoms with Gasteiger partial charge in [0.1, 0.15) is 5.58 Å². The number of furan rings is 1. The Hall–Kier alpha value is -1.48. The van der Waals surface area contributed by atoms with Gasteiger partial charge in [-0.2, -0.15) is 0 Å². The Labute approximate surface area is 94.8 Å². The van der Waals surface area contributed by atoms with Gasteiger partial charge in [0.2, 0.25) is 0 Å². The molecule has 0 aliphatic heterocycles. The monoisotopic (exact) mass is 261 g/mol. The lowest BCUT2D eigenvalue weighted by Gasteiger charge is -1.96. The molecule has 0 radical (unpaired) electrons. The fourth-order valence-electron chi connectivity index (χ4n) is 1.81. The zero-order valence-electron chi connectivity index (χ0n) is 7.83. The third kappa shape index (κ3) is 1.16. The number of para-hydroxylation sites is 1. The minimum Gasteiger partial charge on any atom is -0.454 e. The molecule has 1 heterocycles. The molecule has 0 amide bonds. The number of hydrogen-bond acceptors (Lipinski definition) is 2. The zero-order valence-corrected chi connectivity index (χ0v) is 9.41. The van der Waals surface area contributed by atoms with E-state index in [0.29, 0.717) is 5.69 Å². The average Bonchev–Trinajstić information content (AvgIpc) is 2.64. The highest BCUT2D eigenvalue weighted by molar-refractivity contribution is 9.10. The Morgan fingerprint density at radius 1 is 1.07 bits per heavy atom. The number of nitrogens with two attached hydrogens (primary N) is 1. The predicted molar refractivity (Wildman–Crippen MR) is 65.8 cm³/mol. The molecular formula is C12H8BrNO. The Morgan fingerprint density at radius 3 is 2.73 bits per heavy atom. The highest BCUT2D eigenvalue weighted by Crippen LogP contribution is 2.36. The van der Waals surface area contributed by atoms with Gasteiger partial charge < -0.3 is 10.2 Å². The lowest BCUT2D eigenvalue weighted by atomic mass is 10.1. The van der Waals surface area contributed by atoms with Gasteiger partial charge >= 0.3 is 0 Å². The van der Waals surface area contributed by atoms with E-state index in [0.717, 1.165) is 26.4 Å². The van der Waals surface area contributed by atoms with Gasteiger partial charge in [0.05, 0.1) is 5.69 Å². The molecule has 0 spiro atoms. The third-order valence-corrected chi connectivity index (χ3v) is 3.17. The van der Waals surface area contributed by atoms with Crippen LogP contribution in [0.15, 0.2) is 45.3 Å². The van der Waals surface area contributed by atoms with E-state index >= 15 is 0 Å². The first-order valence-corrected chi connectivity index (χ1v) is 5.42. The first-order valence-electron chi connectivity index (χ1n) is 4.62. The third-order valence-electron chi connectivity index (χ3n) is 2.51. The summed E-state index contributed by atoms with van der Waals surface area (Å²) in [6.07, 6.45) is 0. The summed E-state index contributed by atoms with van der Waals surface area (Å²) >= 11 is 3.52. The van der Waals surface area contributed by atoms with Crippen LogP contribution in [0.25, 0.3) is 21.9 Å². The first-order chi connectivity index (χ1) is 7.27. The van der Waals surface area contributed by atoms with Gasteiger partial charge in [0.25, 0.3) is 0 Å². The number of halogens is 1. The molecule has 0 unspecified atom stereocenters. The maximum Gasteiger partial charge on any atom is 0.159 e. The molecule has 0 fully saturated rings. The van der Waals surface area contributed by atoms with Gasteiger partial charge in [-0.25, -0.2) is 0 Å². The van der Waals surface area contributed by atoms with Crippen LogP contribution in [0.3, 0.4) is 0 Å². The molecule has 1 aromatic heterocycles. The first kappa shape index (κ1) is 8.80. The smallest absolute Gasteiger partial charge is 0.159 e. The fourth-order valence-corrected chi connectivity index (χ4v) is 2.33. The van der Waals surface area contributed by atoms with Crippen molar-refractivity contribution in [2.24, 2.45) is 0 Å². The summed E-state index contributed by atoms with van der Waals surface area (Å²) in [7, 11) is 0. The SMILES string of the molecule is Nc1ccc(Br)c2c1oc1ccccc12. The second-order valence-electron chi connectivity index (χ2n) is 3.44. The number of anilines is 1. The molecule has 2 aromatic carbocycles. The van der Waals surface area contributed by atoms with Crippen molar-refractivity contribution in [3.8, 4) is 0 Å². The standard InChI is InChI=1S/C12H8BrNO/c13-8-5-6-9(14)12-11(8)7-3-1-2-4-10(7)15-12/h1-6H,14H2. The van der Waals surface area contributed by atoms with Crippen LogP contribution in [0.5, 0.6) is 0 Å². The number of nitrogen functional groups attached to an aromatic ring is 1. The lowest BCUT2D eigenvalue weighted by molar-refractivity contribution is 0.670. The summed E-state index contributed by atoms with van der Waals surface area (Å²) in [4.78, 5) is 0. The zero-order chi connectivity index (χ0) is 10.4. The molecule has 15 heavy (non-hydrogen) atoms. The molecule has 3 heteroatoms. The average molecular weight is 262 g/mol. The molecule has 3 rings (SSSR count). The second-order valence-corrected chi connectivity index (χ2v) is 4.29. The lowest BCUT2D eigenvalue weighted by Crippen LogP contribution is -1.84. The Morgan fingerprint density at radius 2 is 1.87 bits per heavy atom. The molecular weight excluding hydrogens is 254 g/mol. The number of fused-ring (bicyclic) bond motifs is 3. The highest BCUT2D eigenvalue weighted by Gasteiger charge is 2.11. The van der Waals surface area contributed by atoms with Crippen LogP contribution in [-0.4, -0.2) is 0 Å². The summed E-state index contributed by atoms with van der Waals surface area (Å²) in [6, 6.07) is 11.7. The van der Waals surface area contributed by atoms with Crippen LogP contribution < -0.4 is 5.73 Å². The second kappa shape index (κ2) is 3.00. The van der Waals surface area contributed by atoms with Gasteiger partial charge in [-0.05, 0) is 18.2 Å². The van der Waals surface area contributed by atoms with E-state index in [9.17, 15) is 0 Å². The molecule has 74 valence electrons. The molecule has 2 nitrogen and oxygen atoms in total. The molecule has 0 saturated carbocycles. The van der Waals surface area contributed by atoms with Gasteiger partial charge in [-0.15, -0.1) is 0 Å². The van der Waals surface area contributed by atoms with Crippen LogP contribution in [0, 0.1) is 0 Å². The Balaban J connectivity index is 2.66. The van der Waals surface area contributed by atoms with E-state index in [1.807, 2.05) is 36.4 Å². The van der Waals surface area contributed by atoms with Crippen molar-refractivity contribution in [3.05, 3.63) is 40.9 Å². The molecule has 3 aromatic rings. The molecule has 0 bridgehead atoms. The van der Waals surface area contributed by atoms with Crippen molar-refractivity contribution < 1.29 is 4.42 Å². The summed E-state index contributed by atoms with van der Waals surface area (Å²) in [5, 5.41) is 2.14. The Kier molecular flexibility index (Phi) is 1.76. The van der Waals surface area contributed by atoms with E-state index in [-0.39, 0.29) is 0 Å². The van der Waals surface area contributed by atoms with Gasteiger partial charge in [0.15, 0.2) is 5.58 Å². The maximum atomic E-state index is 5.87. The largest absolute Gasteiger partial charge is 0.454 e. The van der Waals surface area contributed by atoms with E-state index in [1.165, 1.54) is 0 Å². The summed E-state index contributed by atoms with van der Waals surface area (Å²) in [5.41, 5.74) is 8.17. The van der Waals surface area contributed by atoms with E-state index in [1.54, 1.807) is 0 Å². The van der Waals surface area contributed by atoms with Crippen molar-refractivity contribution in [1.29, 1.82) is 0 Å². The topological polar surface area (TPSA) is 39.2 Å².